The van der Waals surface area contributed by atoms with Gasteiger partial charge in [0.25, 0.3) is 5.91 Å². The number of hydrogen-bond donors (Lipinski definition) is 0. The van der Waals surface area contributed by atoms with Crippen LogP contribution in [0.1, 0.15) is 30.1 Å². The van der Waals surface area contributed by atoms with Gasteiger partial charge in [0.2, 0.25) is 5.88 Å². The van der Waals surface area contributed by atoms with E-state index < -0.39 is 5.82 Å². The number of para-hydroxylation sites is 3. The van der Waals surface area contributed by atoms with Crippen LogP contribution in [0.2, 0.25) is 0 Å². The molecule has 2 bridgehead atoms. The lowest BCUT2D eigenvalue weighted by atomic mass is 9.98. The summed E-state index contributed by atoms with van der Waals surface area (Å²) in [5, 5.41) is 8.07. The fraction of sp³-hybridized carbons (Fsp3) is 0.292. The van der Waals surface area contributed by atoms with Gasteiger partial charge in [-0.15, -0.1) is 4.80 Å². The molecule has 2 aromatic carbocycles. The van der Waals surface area contributed by atoms with E-state index in [0.717, 1.165) is 28.7 Å². The van der Waals surface area contributed by atoms with E-state index in [1.165, 1.54) is 24.5 Å². The molecule has 2 aliphatic rings. The number of carbonyl (C=O) groups is 1. The van der Waals surface area contributed by atoms with E-state index in [-0.39, 0.29) is 35.3 Å². The van der Waals surface area contributed by atoms with Crippen molar-refractivity contribution < 1.29 is 13.9 Å². The van der Waals surface area contributed by atoms with Crippen LogP contribution in [0.4, 0.5) is 4.39 Å². The Bertz CT molecular complexity index is 1340. The van der Waals surface area contributed by atoms with E-state index in [1.54, 1.807) is 12.3 Å². The molecule has 3 heterocycles. The van der Waals surface area contributed by atoms with Crippen LogP contribution in [0.3, 0.4) is 0 Å². The maximum absolute atomic E-state index is 14.7. The van der Waals surface area contributed by atoms with E-state index in [2.05, 4.69) is 20.2 Å². The Morgan fingerprint density at radius 1 is 1.06 bits per heavy atom. The zero-order chi connectivity index (χ0) is 22.5. The van der Waals surface area contributed by atoms with Crippen LogP contribution in [0, 0.1) is 11.7 Å². The van der Waals surface area contributed by atoms with Crippen LogP contribution in [0.25, 0.3) is 16.7 Å². The number of carbonyl (C=O) groups excluding carboxylic acids is 1. The van der Waals surface area contributed by atoms with E-state index >= 15 is 0 Å². The van der Waals surface area contributed by atoms with Gasteiger partial charge in [-0.1, -0.05) is 18.2 Å². The van der Waals surface area contributed by atoms with E-state index in [9.17, 15) is 9.18 Å². The number of amides is 1. The quantitative estimate of drug-likeness (QED) is 0.480. The molecule has 0 unspecified atom stereocenters. The lowest BCUT2D eigenvalue weighted by molar-refractivity contribution is 0.0313. The number of nitrogens with zero attached hydrogens (tertiary/aromatic N) is 6. The Kier molecular flexibility index (Phi) is 4.56. The summed E-state index contributed by atoms with van der Waals surface area (Å²) in [6, 6.07) is 12.0. The van der Waals surface area contributed by atoms with Crippen LogP contribution in [0.15, 0.2) is 61.1 Å². The molecule has 0 N–H and O–H groups in total. The molecule has 1 aliphatic heterocycles. The smallest absolute Gasteiger partial charge is 0.256 e. The van der Waals surface area contributed by atoms with Gasteiger partial charge in [-0.05, 0) is 49.9 Å². The molecule has 1 amide bonds. The van der Waals surface area contributed by atoms with Crippen LogP contribution in [0.5, 0.6) is 5.88 Å². The van der Waals surface area contributed by atoms with Gasteiger partial charge in [-0.25, -0.2) is 14.4 Å². The molecule has 1 saturated heterocycles. The minimum atomic E-state index is -0.548. The Hall–Kier alpha value is -3.88. The highest BCUT2D eigenvalue weighted by molar-refractivity contribution is 5.98. The zero-order valence-corrected chi connectivity index (χ0v) is 17.9. The molecule has 6 rings (SSSR count). The van der Waals surface area contributed by atoms with Gasteiger partial charge in [0.15, 0.2) is 5.82 Å². The minimum absolute atomic E-state index is 0.0201. The van der Waals surface area contributed by atoms with Crippen molar-refractivity contribution in [3.8, 4) is 11.6 Å². The Balaban J connectivity index is 1.30. The summed E-state index contributed by atoms with van der Waals surface area (Å²) in [5.41, 5.74) is 1.85. The SMILES string of the molecule is C[C@@H]1[C@H]2C[C@@H](Oc3cnc4ccccc4n3)[C@H](C2)N1C(=O)c1cccc(F)c1-n1nccn1. The summed E-state index contributed by atoms with van der Waals surface area (Å²) >= 11 is 0. The fourth-order valence-corrected chi connectivity index (χ4v) is 5.21. The van der Waals surface area contributed by atoms with Crippen molar-refractivity contribution in [2.24, 2.45) is 5.92 Å². The predicted molar refractivity (Wildman–Crippen MR) is 117 cm³/mol. The fourth-order valence-electron chi connectivity index (χ4n) is 5.21. The van der Waals surface area contributed by atoms with Crippen molar-refractivity contribution in [1.82, 2.24) is 29.9 Å². The van der Waals surface area contributed by atoms with Crippen LogP contribution in [-0.4, -0.2) is 54.0 Å². The number of likely N-dealkylation sites (tertiary alicyclic amines) is 1. The summed E-state index contributed by atoms with van der Waals surface area (Å²) in [4.78, 5) is 25.7. The first-order valence-electron chi connectivity index (χ1n) is 11.0. The second-order valence-corrected chi connectivity index (χ2v) is 8.56. The van der Waals surface area contributed by atoms with Gasteiger partial charge >= 0.3 is 0 Å². The van der Waals surface area contributed by atoms with Crippen LogP contribution < -0.4 is 4.74 Å². The molecule has 9 heteroatoms. The summed E-state index contributed by atoms with van der Waals surface area (Å²) in [6.07, 6.45) is 6.00. The monoisotopic (exact) mass is 444 g/mol. The standard InChI is InChI=1S/C24H21FN6O2/c1-14-15-11-20(21(12-15)33-22-13-26-18-7-2-3-8-19(18)29-22)30(14)24(32)16-5-4-6-17(25)23(16)31-27-9-10-28-31/h2-10,13-15,20-21H,11-12H2,1H3/t14-,15-,20+,21-/m1/s1. The maximum Gasteiger partial charge on any atom is 0.256 e. The second-order valence-electron chi connectivity index (χ2n) is 8.56. The number of aromatic nitrogens is 5. The lowest BCUT2D eigenvalue weighted by Crippen LogP contribution is -2.51. The van der Waals surface area contributed by atoms with Gasteiger partial charge in [-0.3, -0.25) is 4.79 Å². The van der Waals surface area contributed by atoms with E-state index in [4.69, 9.17) is 4.74 Å². The molecule has 2 fully saturated rings. The number of rotatable bonds is 4. The van der Waals surface area contributed by atoms with Gasteiger partial charge in [0.1, 0.15) is 11.8 Å². The predicted octanol–water partition coefficient (Wildman–Crippen LogP) is 3.42. The van der Waals surface area contributed by atoms with Gasteiger partial charge < -0.3 is 9.64 Å². The average molecular weight is 444 g/mol. The molecular weight excluding hydrogens is 423 g/mol. The topological polar surface area (TPSA) is 86.0 Å². The summed E-state index contributed by atoms with van der Waals surface area (Å²) in [7, 11) is 0. The van der Waals surface area contributed by atoms with Crippen LogP contribution in [-0.2, 0) is 0 Å². The number of fused-ring (bicyclic) bond motifs is 3. The van der Waals surface area contributed by atoms with Crippen molar-refractivity contribution in [2.45, 2.75) is 38.0 Å². The highest BCUT2D eigenvalue weighted by Gasteiger charge is 2.53. The number of halogens is 1. The lowest BCUT2D eigenvalue weighted by Gasteiger charge is -2.38. The van der Waals surface area contributed by atoms with Gasteiger partial charge in [0.05, 0.1) is 41.2 Å². The van der Waals surface area contributed by atoms with Crippen molar-refractivity contribution in [2.75, 3.05) is 0 Å². The van der Waals surface area contributed by atoms with E-state index in [1.807, 2.05) is 36.1 Å². The molecule has 4 atom stereocenters. The Morgan fingerprint density at radius 3 is 2.64 bits per heavy atom. The molecule has 0 radical (unpaired) electrons. The summed E-state index contributed by atoms with van der Waals surface area (Å²) in [6.45, 7) is 2.04. The number of hydrogen-bond acceptors (Lipinski definition) is 6. The molecule has 1 saturated carbocycles. The van der Waals surface area contributed by atoms with Crippen molar-refractivity contribution in [1.29, 1.82) is 0 Å². The van der Waals surface area contributed by atoms with Gasteiger partial charge in [-0.2, -0.15) is 10.2 Å². The normalized spacial score (nSPS) is 23.9. The molecule has 0 spiro atoms. The second kappa shape index (κ2) is 7.61. The first kappa shape index (κ1) is 19.8. The third kappa shape index (κ3) is 3.23. The Labute approximate surface area is 189 Å². The molecule has 166 valence electrons. The number of benzene rings is 2. The summed E-state index contributed by atoms with van der Waals surface area (Å²) in [5.74, 6) is -0.0521. The van der Waals surface area contributed by atoms with Crippen LogP contribution >= 0.6 is 0 Å². The third-order valence-corrected chi connectivity index (χ3v) is 6.76. The Morgan fingerprint density at radius 2 is 1.85 bits per heavy atom. The average Bonchev–Trinajstić information content (AvgIpc) is 3.56. The highest BCUT2D eigenvalue weighted by Crippen LogP contribution is 2.44. The minimum Gasteiger partial charge on any atom is -0.471 e. The molecule has 8 nitrogen and oxygen atoms in total. The van der Waals surface area contributed by atoms with Crippen molar-refractivity contribution >= 4 is 16.9 Å². The van der Waals surface area contributed by atoms with E-state index in [0.29, 0.717) is 11.8 Å². The molecule has 2 aromatic heterocycles. The highest BCUT2D eigenvalue weighted by atomic mass is 19.1. The molecule has 4 aromatic rings. The van der Waals surface area contributed by atoms with Crippen molar-refractivity contribution in [3.05, 3.63) is 72.4 Å². The van der Waals surface area contributed by atoms with Gasteiger partial charge in [0, 0.05) is 6.04 Å². The maximum atomic E-state index is 14.7. The first-order valence-corrected chi connectivity index (χ1v) is 11.0. The molecule has 33 heavy (non-hydrogen) atoms. The zero-order valence-electron chi connectivity index (χ0n) is 17.9. The van der Waals surface area contributed by atoms with Crippen molar-refractivity contribution in [3.63, 3.8) is 0 Å². The third-order valence-electron chi connectivity index (χ3n) is 6.76. The number of ether oxygens (including phenoxy) is 1. The summed E-state index contributed by atoms with van der Waals surface area (Å²) < 4.78 is 21.0. The number of piperidine rings is 1. The largest absolute Gasteiger partial charge is 0.471 e. The molecule has 1 aliphatic carbocycles. The first-order chi connectivity index (χ1) is 16.1. The molecular formula is C24H21FN6O2.